The molecule has 0 radical (unpaired) electrons. The van der Waals surface area contributed by atoms with Gasteiger partial charge in [0.2, 0.25) is 0 Å². The zero-order valence-corrected chi connectivity index (χ0v) is 14.5. The number of nitrogens with zero attached hydrogens (tertiary/aromatic N) is 1. The summed E-state index contributed by atoms with van der Waals surface area (Å²) in [6, 6.07) is 5.61. The Labute approximate surface area is 155 Å². The molecular formula is C13H18BF3KN. The minimum absolute atomic E-state index is 0. The summed E-state index contributed by atoms with van der Waals surface area (Å²) in [5, 5.41) is 0. The third-order valence-electron chi connectivity index (χ3n) is 3.52. The predicted molar refractivity (Wildman–Crippen MR) is 69.1 cm³/mol. The number of benzene rings is 1. The van der Waals surface area contributed by atoms with Gasteiger partial charge in [-0.15, -0.1) is 5.46 Å². The van der Waals surface area contributed by atoms with Crippen molar-refractivity contribution in [1.82, 2.24) is 4.90 Å². The van der Waals surface area contributed by atoms with Gasteiger partial charge in [0.15, 0.2) is 0 Å². The van der Waals surface area contributed by atoms with E-state index in [1.165, 1.54) is 31.4 Å². The quantitative estimate of drug-likeness (QED) is 0.694. The minimum Gasteiger partial charge on any atom is -0.445 e. The number of hydrogen-bond acceptors (Lipinski definition) is 1. The summed E-state index contributed by atoms with van der Waals surface area (Å²) in [4.78, 5) is 2.39. The zero-order chi connectivity index (χ0) is 13.0. The second-order valence-corrected chi connectivity index (χ2v) is 4.97. The van der Waals surface area contributed by atoms with Crippen LogP contribution in [0.4, 0.5) is 12.9 Å². The van der Waals surface area contributed by atoms with Crippen LogP contribution < -0.4 is 56.8 Å². The number of hydrogen-bond donors (Lipinski definition) is 0. The van der Waals surface area contributed by atoms with E-state index < -0.39 is 12.4 Å². The Hall–Kier alpha value is 0.671. The van der Waals surface area contributed by atoms with E-state index >= 15 is 0 Å². The van der Waals surface area contributed by atoms with E-state index in [-0.39, 0.29) is 51.4 Å². The fraction of sp³-hybridized carbons (Fsp3) is 0.538. The van der Waals surface area contributed by atoms with Crippen LogP contribution >= 0.6 is 0 Å². The Bertz CT molecular complexity index is 374. The van der Waals surface area contributed by atoms with Gasteiger partial charge >= 0.3 is 58.4 Å². The van der Waals surface area contributed by atoms with Crippen molar-refractivity contribution in [3.63, 3.8) is 0 Å². The number of likely N-dealkylation sites (tertiary alicyclic amines) is 1. The summed E-state index contributed by atoms with van der Waals surface area (Å²) >= 11 is 0. The predicted octanol–water partition coefficient (Wildman–Crippen LogP) is -0.227. The summed E-state index contributed by atoms with van der Waals surface area (Å²) in [7, 11) is 0. The summed E-state index contributed by atoms with van der Waals surface area (Å²) in [6.45, 7) is -1.64. The third-order valence-corrected chi connectivity index (χ3v) is 3.52. The molecule has 1 saturated heterocycles. The third kappa shape index (κ3) is 5.89. The molecule has 1 nitrogen and oxygen atoms in total. The zero-order valence-electron chi connectivity index (χ0n) is 11.4. The van der Waals surface area contributed by atoms with Crippen LogP contribution in [-0.2, 0) is 6.42 Å². The largest absolute Gasteiger partial charge is 1.00 e. The van der Waals surface area contributed by atoms with Crippen LogP contribution in [-0.4, -0.2) is 31.5 Å². The van der Waals surface area contributed by atoms with Gasteiger partial charge in [-0.1, -0.05) is 30.7 Å². The van der Waals surface area contributed by atoms with Gasteiger partial charge in [-0.05, 0) is 37.9 Å². The fourth-order valence-corrected chi connectivity index (χ4v) is 2.37. The van der Waals surface area contributed by atoms with E-state index in [1.54, 1.807) is 12.1 Å². The molecule has 0 aliphatic carbocycles. The summed E-state index contributed by atoms with van der Waals surface area (Å²) in [5.74, 6) is 0. The maximum absolute atomic E-state index is 12.5. The molecule has 0 N–H and O–H groups in total. The molecule has 6 heteroatoms. The first-order valence-corrected chi connectivity index (χ1v) is 6.57. The Balaban J connectivity index is 0.00000180. The minimum atomic E-state index is -4.86. The molecule has 1 aromatic rings. The van der Waals surface area contributed by atoms with Crippen LogP contribution in [0.15, 0.2) is 24.3 Å². The van der Waals surface area contributed by atoms with Crippen LogP contribution in [0, 0.1) is 0 Å². The Morgan fingerprint density at radius 3 is 2.05 bits per heavy atom. The molecule has 1 fully saturated rings. The van der Waals surface area contributed by atoms with Gasteiger partial charge < -0.3 is 17.8 Å². The second-order valence-electron chi connectivity index (χ2n) is 4.97. The van der Waals surface area contributed by atoms with E-state index in [0.29, 0.717) is 0 Å². The molecule has 1 heterocycles. The van der Waals surface area contributed by atoms with Crippen molar-refractivity contribution in [1.29, 1.82) is 0 Å². The van der Waals surface area contributed by atoms with Gasteiger partial charge in [0.05, 0.1) is 0 Å². The first-order valence-electron chi connectivity index (χ1n) is 6.57. The Morgan fingerprint density at radius 2 is 1.53 bits per heavy atom. The summed E-state index contributed by atoms with van der Waals surface area (Å²) in [6.07, 6.45) is 4.63. The Morgan fingerprint density at radius 1 is 0.947 bits per heavy atom. The molecular weight excluding hydrogens is 277 g/mol. The fourth-order valence-electron chi connectivity index (χ4n) is 2.37. The number of halogens is 3. The van der Waals surface area contributed by atoms with Crippen molar-refractivity contribution in [3.05, 3.63) is 29.8 Å². The average Bonchev–Trinajstić information content (AvgIpc) is 2.37. The molecule has 0 saturated carbocycles. The van der Waals surface area contributed by atoms with Crippen molar-refractivity contribution in [2.24, 2.45) is 0 Å². The van der Waals surface area contributed by atoms with Crippen molar-refractivity contribution in [2.75, 3.05) is 19.6 Å². The molecule has 0 aromatic heterocycles. The van der Waals surface area contributed by atoms with Crippen molar-refractivity contribution in [3.8, 4) is 0 Å². The molecule has 0 amide bonds. The average molecular weight is 295 g/mol. The maximum Gasteiger partial charge on any atom is 1.00 e. The van der Waals surface area contributed by atoms with Gasteiger partial charge in [-0.2, -0.15) is 0 Å². The Kier molecular flexibility index (Phi) is 7.65. The summed E-state index contributed by atoms with van der Waals surface area (Å²) in [5.41, 5.74) is 0.487. The van der Waals surface area contributed by atoms with Crippen LogP contribution in [0.2, 0.25) is 0 Å². The summed E-state index contributed by atoms with van der Waals surface area (Å²) < 4.78 is 37.4. The monoisotopic (exact) mass is 295 g/mol. The van der Waals surface area contributed by atoms with Crippen LogP contribution in [0.5, 0.6) is 0 Å². The van der Waals surface area contributed by atoms with Gasteiger partial charge in [-0.25, -0.2) is 0 Å². The second kappa shape index (κ2) is 8.20. The van der Waals surface area contributed by atoms with Gasteiger partial charge in [-0.3, -0.25) is 0 Å². The van der Waals surface area contributed by atoms with E-state index in [0.717, 1.165) is 31.6 Å². The molecule has 1 aliphatic rings. The molecule has 0 bridgehead atoms. The molecule has 1 aliphatic heterocycles. The molecule has 0 unspecified atom stereocenters. The van der Waals surface area contributed by atoms with Crippen molar-refractivity contribution in [2.45, 2.75) is 25.7 Å². The normalized spacial score (nSPS) is 17.0. The molecule has 19 heavy (non-hydrogen) atoms. The van der Waals surface area contributed by atoms with Crippen LogP contribution in [0.3, 0.4) is 0 Å². The molecule has 0 atom stereocenters. The van der Waals surface area contributed by atoms with Gasteiger partial charge in [0.25, 0.3) is 0 Å². The first-order chi connectivity index (χ1) is 8.55. The van der Waals surface area contributed by atoms with E-state index in [2.05, 4.69) is 4.90 Å². The van der Waals surface area contributed by atoms with Crippen molar-refractivity contribution >= 4 is 12.4 Å². The molecule has 1 aromatic carbocycles. The standard InChI is InChI=1S/C13H18BF3N.K/c15-14(16,17)13-6-4-12(5-7-13)8-11-18-9-2-1-3-10-18;/h4-7H,1-3,8-11H2;/q-1;+1. The van der Waals surface area contributed by atoms with E-state index in [9.17, 15) is 12.9 Å². The van der Waals surface area contributed by atoms with Crippen LogP contribution in [0.25, 0.3) is 0 Å². The van der Waals surface area contributed by atoms with Gasteiger partial charge in [0, 0.05) is 6.54 Å². The first kappa shape index (κ1) is 17.7. The molecule has 0 spiro atoms. The molecule has 100 valence electrons. The van der Waals surface area contributed by atoms with E-state index in [4.69, 9.17) is 0 Å². The molecule has 2 rings (SSSR count). The number of piperidine rings is 1. The van der Waals surface area contributed by atoms with Crippen LogP contribution in [0.1, 0.15) is 24.8 Å². The van der Waals surface area contributed by atoms with Gasteiger partial charge in [0.1, 0.15) is 0 Å². The number of rotatable bonds is 4. The van der Waals surface area contributed by atoms with Crippen molar-refractivity contribution < 1.29 is 64.3 Å². The SMILES string of the molecule is F[B-](F)(F)c1ccc(CCN2CCCCC2)cc1.[K+]. The smallest absolute Gasteiger partial charge is 0.445 e. The maximum atomic E-state index is 12.5. The van der Waals surface area contributed by atoms with E-state index in [1.807, 2.05) is 0 Å². The topological polar surface area (TPSA) is 3.24 Å².